The Morgan fingerprint density at radius 2 is 1.67 bits per heavy atom. The molecule has 5 N–H and O–H groups in total. The lowest BCUT2D eigenvalue weighted by Gasteiger charge is -2.11. The first-order valence-electron chi connectivity index (χ1n) is 7.18. The molecule has 24 heavy (non-hydrogen) atoms. The summed E-state index contributed by atoms with van der Waals surface area (Å²) < 4.78 is 4.92. The van der Waals surface area contributed by atoms with Gasteiger partial charge in [-0.25, -0.2) is 4.79 Å². The second-order valence-corrected chi connectivity index (χ2v) is 4.88. The Morgan fingerprint density at radius 3 is 2.29 bits per heavy atom. The molecule has 0 unspecified atom stereocenters. The van der Waals surface area contributed by atoms with Crippen molar-refractivity contribution in [1.82, 2.24) is 16.0 Å². The molecule has 1 aromatic carbocycles. The van der Waals surface area contributed by atoms with Gasteiger partial charge in [-0.1, -0.05) is 30.3 Å². The van der Waals surface area contributed by atoms with Gasteiger partial charge in [0, 0.05) is 0 Å². The van der Waals surface area contributed by atoms with E-state index in [0.29, 0.717) is 0 Å². The van der Waals surface area contributed by atoms with Crippen LogP contribution < -0.4 is 21.7 Å². The fourth-order valence-corrected chi connectivity index (χ4v) is 1.53. The van der Waals surface area contributed by atoms with E-state index in [4.69, 9.17) is 10.5 Å². The lowest BCUT2D eigenvalue weighted by molar-refractivity contribution is -0.128. The molecule has 130 valence electrons. The van der Waals surface area contributed by atoms with Crippen LogP contribution in [0.5, 0.6) is 0 Å². The first kappa shape index (κ1) is 18.9. The molecule has 9 nitrogen and oxygen atoms in total. The number of nitrogens with two attached hydrogens (primary N) is 1. The van der Waals surface area contributed by atoms with Crippen molar-refractivity contribution in [1.29, 1.82) is 0 Å². The number of hydrogen-bond donors (Lipinski definition) is 4. The maximum absolute atomic E-state index is 11.5. The Labute approximate surface area is 138 Å². The van der Waals surface area contributed by atoms with Crippen molar-refractivity contribution in [2.75, 3.05) is 13.1 Å². The minimum atomic E-state index is -0.833. The molecule has 0 aliphatic heterocycles. The number of carbonyl (C=O) groups is 4. The van der Waals surface area contributed by atoms with Gasteiger partial charge in [0.15, 0.2) is 0 Å². The maximum atomic E-state index is 11.5. The highest BCUT2D eigenvalue weighted by Crippen LogP contribution is 2.00. The molecule has 1 rings (SSSR count). The number of benzene rings is 1. The van der Waals surface area contributed by atoms with E-state index >= 15 is 0 Å². The van der Waals surface area contributed by atoms with E-state index in [-0.39, 0.29) is 19.7 Å². The summed E-state index contributed by atoms with van der Waals surface area (Å²) in [7, 11) is 0. The molecule has 0 aliphatic carbocycles. The van der Waals surface area contributed by atoms with Crippen LogP contribution in [-0.4, -0.2) is 42.9 Å². The molecule has 0 aromatic heterocycles. The Kier molecular flexibility index (Phi) is 7.76. The quantitative estimate of drug-likeness (QED) is 0.483. The van der Waals surface area contributed by atoms with Crippen molar-refractivity contribution < 1.29 is 23.9 Å². The summed E-state index contributed by atoms with van der Waals surface area (Å²) in [5.74, 6) is -1.83. The molecule has 0 spiro atoms. The molecule has 9 heteroatoms. The predicted molar refractivity (Wildman–Crippen MR) is 84.4 cm³/mol. The number of ether oxygens (including phenoxy) is 1. The first-order chi connectivity index (χ1) is 11.4. The highest BCUT2D eigenvalue weighted by Gasteiger charge is 2.13. The number of rotatable bonds is 8. The van der Waals surface area contributed by atoms with Crippen molar-refractivity contribution in [2.45, 2.75) is 19.6 Å². The maximum Gasteiger partial charge on any atom is 0.407 e. The van der Waals surface area contributed by atoms with Crippen molar-refractivity contribution in [3.8, 4) is 0 Å². The summed E-state index contributed by atoms with van der Waals surface area (Å²) in [6.45, 7) is 0.831. The van der Waals surface area contributed by atoms with Crippen LogP contribution in [-0.2, 0) is 25.7 Å². The molecule has 0 radical (unpaired) electrons. The lowest BCUT2D eigenvalue weighted by Crippen LogP contribution is -2.47. The van der Waals surface area contributed by atoms with Crippen LogP contribution in [0.3, 0.4) is 0 Å². The van der Waals surface area contributed by atoms with Gasteiger partial charge in [-0.05, 0) is 12.5 Å². The van der Waals surface area contributed by atoms with Gasteiger partial charge < -0.3 is 26.4 Å². The van der Waals surface area contributed by atoms with Crippen LogP contribution >= 0.6 is 0 Å². The van der Waals surface area contributed by atoms with Crippen molar-refractivity contribution in [3.63, 3.8) is 0 Å². The minimum absolute atomic E-state index is 0.0850. The molecular weight excluding hydrogens is 316 g/mol. The lowest BCUT2D eigenvalue weighted by atomic mass is 10.2. The standard InChI is InChI=1S/C15H20N4O5/c1-10(14(16)22)19-13(21)8-17-12(20)7-18-15(23)24-9-11-5-3-2-4-6-11/h2-6,10H,7-9H2,1H3,(H2,16,22)(H,17,20)(H,18,23)(H,19,21)/t10-/m0/s1. The Morgan fingerprint density at radius 1 is 1.04 bits per heavy atom. The van der Waals surface area contributed by atoms with Crippen LogP contribution in [0.25, 0.3) is 0 Å². The van der Waals surface area contributed by atoms with E-state index < -0.39 is 29.9 Å². The van der Waals surface area contributed by atoms with Gasteiger partial charge in [0.2, 0.25) is 17.7 Å². The zero-order valence-corrected chi connectivity index (χ0v) is 13.2. The summed E-state index contributed by atoms with van der Waals surface area (Å²) in [4.78, 5) is 45.1. The van der Waals surface area contributed by atoms with E-state index in [0.717, 1.165) is 5.56 Å². The normalized spacial score (nSPS) is 11.0. The fraction of sp³-hybridized carbons (Fsp3) is 0.333. The van der Waals surface area contributed by atoms with Gasteiger partial charge in [0.05, 0.1) is 6.54 Å². The number of alkyl carbamates (subject to hydrolysis) is 1. The molecule has 4 amide bonds. The third kappa shape index (κ3) is 7.78. The first-order valence-corrected chi connectivity index (χ1v) is 7.18. The van der Waals surface area contributed by atoms with Crippen LogP contribution in [0, 0.1) is 0 Å². The molecule has 0 saturated heterocycles. The Bertz CT molecular complexity index is 591. The number of nitrogens with one attached hydrogen (secondary N) is 3. The van der Waals surface area contributed by atoms with Gasteiger partial charge in [0.1, 0.15) is 19.2 Å². The average Bonchev–Trinajstić information content (AvgIpc) is 2.57. The monoisotopic (exact) mass is 336 g/mol. The van der Waals surface area contributed by atoms with E-state index in [1.807, 2.05) is 18.2 Å². The summed E-state index contributed by atoms with van der Waals surface area (Å²) in [6, 6.07) is 8.23. The second-order valence-electron chi connectivity index (χ2n) is 4.88. The smallest absolute Gasteiger partial charge is 0.407 e. The number of carbonyl (C=O) groups excluding carboxylic acids is 4. The molecule has 0 heterocycles. The molecule has 0 bridgehead atoms. The largest absolute Gasteiger partial charge is 0.445 e. The van der Waals surface area contributed by atoms with Gasteiger partial charge in [0.25, 0.3) is 0 Å². The molecule has 1 atom stereocenters. The van der Waals surface area contributed by atoms with E-state index in [1.54, 1.807) is 12.1 Å². The van der Waals surface area contributed by atoms with E-state index in [1.165, 1.54) is 6.92 Å². The third-order valence-corrected chi connectivity index (χ3v) is 2.86. The average molecular weight is 336 g/mol. The Hall–Kier alpha value is -3.10. The predicted octanol–water partition coefficient (Wildman–Crippen LogP) is -0.981. The van der Waals surface area contributed by atoms with Crippen LogP contribution in [0.4, 0.5) is 4.79 Å². The zero-order valence-electron chi connectivity index (χ0n) is 13.2. The molecule has 0 saturated carbocycles. The minimum Gasteiger partial charge on any atom is -0.445 e. The summed E-state index contributed by atoms with van der Waals surface area (Å²) in [5.41, 5.74) is 5.81. The number of primary amides is 1. The van der Waals surface area contributed by atoms with Crippen LogP contribution in [0.15, 0.2) is 30.3 Å². The number of amides is 4. The van der Waals surface area contributed by atoms with Crippen molar-refractivity contribution >= 4 is 23.8 Å². The van der Waals surface area contributed by atoms with Crippen LogP contribution in [0.1, 0.15) is 12.5 Å². The molecular formula is C15H20N4O5. The van der Waals surface area contributed by atoms with Crippen LogP contribution in [0.2, 0.25) is 0 Å². The summed E-state index contributed by atoms with van der Waals surface area (Å²) in [6.07, 6.45) is -0.749. The third-order valence-electron chi connectivity index (χ3n) is 2.86. The van der Waals surface area contributed by atoms with Gasteiger partial charge in [-0.3, -0.25) is 14.4 Å². The molecule has 0 fully saturated rings. The van der Waals surface area contributed by atoms with Gasteiger partial charge in [-0.15, -0.1) is 0 Å². The van der Waals surface area contributed by atoms with Gasteiger partial charge >= 0.3 is 6.09 Å². The van der Waals surface area contributed by atoms with Crippen molar-refractivity contribution in [3.05, 3.63) is 35.9 Å². The Balaban J connectivity index is 2.17. The molecule has 1 aromatic rings. The second kappa shape index (κ2) is 9.82. The van der Waals surface area contributed by atoms with E-state index in [9.17, 15) is 19.2 Å². The topological polar surface area (TPSA) is 140 Å². The van der Waals surface area contributed by atoms with E-state index in [2.05, 4.69) is 16.0 Å². The number of hydrogen-bond acceptors (Lipinski definition) is 5. The van der Waals surface area contributed by atoms with Gasteiger partial charge in [-0.2, -0.15) is 0 Å². The SMILES string of the molecule is C[C@H](NC(=O)CNC(=O)CNC(=O)OCc1ccccc1)C(N)=O. The highest BCUT2D eigenvalue weighted by molar-refractivity contribution is 5.90. The van der Waals surface area contributed by atoms with Crippen molar-refractivity contribution in [2.24, 2.45) is 5.73 Å². The highest BCUT2D eigenvalue weighted by atomic mass is 16.5. The fourth-order valence-electron chi connectivity index (χ4n) is 1.53. The zero-order chi connectivity index (χ0) is 17.9. The summed E-state index contributed by atoms with van der Waals surface area (Å²) in [5, 5.41) is 6.84. The summed E-state index contributed by atoms with van der Waals surface area (Å²) >= 11 is 0. The molecule has 0 aliphatic rings.